The van der Waals surface area contributed by atoms with Crippen molar-refractivity contribution < 1.29 is 19.0 Å². The molecule has 6 rings (SSSR count). The van der Waals surface area contributed by atoms with Gasteiger partial charge in [-0.25, -0.2) is 0 Å². The minimum atomic E-state index is -0.620. The van der Waals surface area contributed by atoms with Crippen LogP contribution in [0.1, 0.15) is 57.9 Å². The molecule has 3 saturated carbocycles. The Balaban J connectivity index is 1.61. The van der Waals surface area contributed by atoms with Gasteiger partial charge in [0.1, 0.15) is 11.5 Å². The maximum atomic E-state index is 14.0. The van der Waals surface area contributed by atoms with E-state index in [1.807, 2.05) is 0 Å². The zero-order valence-electron chi connectivity index (χ0n) is 19.0. The summed E-state index contributed by atoms with van der Waals surface area (Å²) in [4.78, 5) is 14.0. The second-order valence-electron chi connectivity index (χ2n) is 10.7. The van der Waals surface area contributed by atoms with Crippen LogP contribution in [-0.2, 0) is 19.7 Å². The van der Waals surface area contributed by atoms with Gasteiger partial charge in [0.25, 0.3) is 0 Å². The van der Waals surface area contributed by atoms with Crippen LogP contribution in [0.4, 0.5) is 0 Å². The monoisotopic (exact) mass is 422 g/mol. The SMILES string of the molecule is CC[C@@H]1CC(=O)[C@@H]2[C@H](C13OCCO3)[C@@]13C=C[C@]2(c2ccc(OC)cc2)[C@@]1(C)CCCC3. The van der Waals surface area contributed by atoms with E-state index >= 15 is 0 Å². The first-order chi connectivity index (χ1) is 15.0. The number of rotatable bonds is 3. The number of ketones is 1. The Bertz CT molecular complexity index is 929. The van der Waals surface area contributed by atoms with E-state index in [0.717, 1.165) is 25.0 Å². The van der Waals surface area contributed by atoms with Crippen molar-refractivity contribution in [2.45, 2.75) is 63.6 Å². The molecular weight excluding hydrogens is 388 g/mol. The fraction of sp³-hybridized carbons (Fsp3) is 0.667. The summed E-state index contributed by atoms with van der Waals surface area (Å²) < 4.78 is 18.6. The van der Waals surface area contributed by atoms with Gasteiger partial charge in [-0.05, 0) is 42.4 Å². The van der Waals surface area contributed by atoms with Gasteiger partial charge in [-0.1, -0.05) is 51.0 Å². The van der Waals surface area contributed by atoms with Gasteiger partial charge in [-0.3, -0.25) is 4.79 Å². The molecule has 166 valence electrons. The third kappa shape index (κ3) is 2.08. The first-order valence-corrected chi connectivity index (χ1v) is 12.1. The first kappa shape index (κ1) is 20.0. The molecule has 0 unspecified atom stereocenters. The molecular formula is C27H34O4. The molecule has 4 heteroatoms. The predicted octanol–water partition coefficient (Wildman–Crippen LogP) is 5.06. The zero-order chi connectivity index (χ0) is 21.5. The number of ether oxygens (including phenoxy) is 3. The van der Waals surface area contributed by atoms with Crippen LogP contribution >= 0.6 is 0 Å². The molecule has 5 aliphatic rings. The lowest BCUT2D eigenvalue weighted by atomic mass is 9.52. The summed E-state index contributed by atoms with van der Waals surface area (Å²) >= 11 is 0. The molecule has 1 aliphatic heterocycles. The van der Waals surface area contributed by atoms with Crippen molar-refractivity contribution in [2.75, 3.05) is 20.3 Å². The molecule has 6 atom stereocenters. The Morgan fingerprint density at radius 3 is 2.45 bits per heavy atom. The highest BCUT2D eigenvalue weighted by Crippen LogP contribution is 2.81. The predicted molar refractivity (Wildman–Crippen MR) is 118 cm³/mol. The van der Waals surface area contributed by atoms with E-state index in [4.69, 9.17) is 14.2 Å². The van der Waals surface area contributed by atoms with Crippen LogP contribution in [0.5, 0.6) is 5.75 Å². The molecule has 0 amide bonds. The largest absolute Gasteiger partial charge is 0.497 e. The lowest BCUT2D eigenvalue weighted by Gasteiger charge is -2.55. The van der Waals surface area contributed by atoms with Crippen molar-refractivity contribution in [3.8, 4) is 5.75 Å². The standard InChI is InChI=1S/C27H34O4/c1-4-18-17-21(28)22-23(27(18)30-15-16-31-27)25-12-6-5-11-24(25,2)26(22,14-13-25)19-7-9-20(29-3)10-8-19/h7-10,13-14,18,22-23H,4-6,11-12,15-17H2,1-3H3/t18-,22-,23+,24+,25-,26-/m1/s1. The molecule has 1 saturated heterocycles. The fourth-order valence-electron chi connectivity index (χ4n) is 8.88. The van der Waals surface area contributed by atoms with Crippen molar-refractivity contribution in [1.29, 1.82) is 0 Å². The summed E-state index contributed by atoms with van der Waals surface area (Å²) in [7, 11) is 1.70. The second-order valence-corrected chi connectivity index (χ2v) is 10.7. The van der Waals surface area contributed by atoms with Crippen LogP contribution in [-0.4, -0.2) is 31.9 Å². The Morgan fingerprint density at radius 1 is 1.06 bits per heavy atom. The Morgan fingerprint density at radius 2 is 1.77 bits per heavy atom. The molecule has 4 fully saturated rings. The molecule has 0 N–H and O–H groups in total. The van der Waals surface area contributed by atoms with E-state index in [9.17, 15) is 4.79 Å². The van der Waals surface area contributed by atoms with Crippen LogP contribution < -0.4 is 4.74 Å². The lowest BCUT2D eigenvalue weighted by molar-refractivity contribution is -0.270. The third-order valence-electron chi connectivity index (χ3n) is 10.1. The highest BCUT2D eigenvalue weighted by molar-refractivity contribution is 5.87. The van der Waals surface area contributed by atoms with E-state index in [2.05, 4.69) is 50.3 Å². The first-order valence-electron chi connectivity index (χ1n) is 12.1. The van der Waals surface area contributed by atoms with Gasteiger partial charge in [-0.2, -0.15) is 0 Å². The smallest absolute Gasteiger partial charge is 0.176 e. The number of allylic oxidation sites excluding steroid dienone is 2. The number of carbonyl (C=O) groups excluding carboxylic acids is 1. The van der Waals surface area contributed by atoms with Crippen LogP contribution in [0.2, 0.25) is 0 Å². The van der Waals surface area contributed by atoms with Gasteiger partial charge < -0.3 is 14.2 Å². The quantitative estimate of drug-likeness (QED) is 0.639. The number of benzene rings is 1. The van der Waals surface area contributed by atoms with Crippen LogP contribution in [0, 0.1) is 28.6 Å². The number of hydrogen-bond acceptors (Lipinski definition) is 4. The van der Waals surface area contributed by atoms with Crippen molar-refractivity contribution >= 4 is 5.78 Å². The van der Waals surface area contributed by atoms with Crippen molar-refractivity contribution in [1.82, 2.24) is 0 Å². The van der Waals surface area contributed by atoms with Gasteiger partial charge in [-0.15, -0.1) is 0 Å². The molecule has 0 radical (unpaired) electrons. The molecule has 1 spiro atoms. The van der Waals surface area contributed by atoms with Crippen LogP contribution in [0.3, 0.4) is 0 Å². The molecule has 2 bridgehead atoms. The van der Waals surface area contributed by atoms with Crippen LogP contribution in [0.25, 0.3) is 0 Å². The summed E-state index contributed by atoms with van der Waals surface area (Å²) in [6.07, 6.45) is 11.1. The van der Waals surface area contributed by atoms with Crippen molar-refractivity contribution in [3.05, 3.63) is 42.0 Å². The number of carbonyl (C=O) groups is 1. The minimum absolute atomic E-state index is 0.0111. The highest BCUT2D eigenvalue weighted by Gasteiger charge is 2.82. The summed E-state index contributed by atoms with van der Waals surface area (Å²) in [5, 5.41) is 0. The molecule has 1 aromatic rings. The minimum Gasteiger partial charge on any atom is -0.497 e. The Kier molecular flexibility index (Phi) is 4.16. The maximum Gasteiger partial charge on any atom is 0.176 e. The van der Waals surface area contributed by atoms with E-state index in [1.165, 1.54) is 18.4 Å². The summed E-state index contributed by atoms with van der Waals surface area (Å²) in [6.45, 7) is 5.93. The highest BCUT2D eigenvalue weighted by atomic mass is 16.7. The van der Waals surface area contributed by atoms with Gasteiger partial charge in [0.2, 0.25) is 0 Å². The Labute approximate surface area is 185 Å². The second kappa shape index (κ2) is 6.45. The van der Waals surface area contributed by atoms with E-state index < -0.39 is 5.79 Å². The van der Waals surface area contributed by atoms with Gasteiger partial charge in [0, 0.05) is 35.0 Å². The third-order valence-corrected chi connectivity index (χ3v) is 10.1. The fourth-order valence-corrected chi connectivity index (χ4v) is 8.88. The summed E-state index contributed by atoms with van der Waals surface area (Å²) in [5.74, 6) is 0.796. The van der Waals surface area contributed by atoms with E-state index in [0.29, 0.717) is 25.4 Å². The van der Waals surface area contributed by atoms with Crippen molar-refractivity contribution in [3.63, 3.8) is 0 Å². The lowest BCUT2D eigenvalue weighted by Crippen LogP contribution is -2.60. The normalized spacial score (nSPS) is 44.5. The molecule has 4 aliphatic carbocycles. The summed E-state index contributed by atoms with van der Waals surface area (Å²) in [6, 6.07) is 8.50. The number of Topliss-reactive ketones (excluding diaryl/α,β-unsaturated/α-hetero) is 1. The average molecular weight is 423 g/mol. The summed E-state index contributed by atoms with van der Waals surface area (Å²) in [5.41, 5.74) is 0.884. The average Bonchev–Trinajstić information content (AvgIpc) is 3.43. The number of hydrogen-bond donors (Lipinski definition) is 0. The van der Waals surface area contributed by atoms with Gasteiger partial charge in [0.05, 0.1) is 20.3 Å². The molecule has 4 nitrogen and oxygen atoms in total. The molecule has 1 aromatic carbocycles. The van der Waals surface area contributed by atoms with Gasteiger partial charge in [0.15, 0.2) is 5.79 Å². The number of fused-ring (bicyclic) bond motifs is 3. The van der Waals surface area contributed by atoms with E-state index in [1.54, 1.807) is 7.11 Å². The Hall–Kier alpha value is -1.65. The van der Waals surface area contributed by atoms with E-state index in [-0.39, 0.29) is 34.0 Å². The maximum absolute atomic E-state index is 14.0. The zero-order valence-corrected chi connectivity index (χ0v) is 19.0. The molecule has 0 aromatic heterocycles. The van der Waals surface area contributed by atoms with Crippen molar-refractivity contribution in [2.24, 2.45) is 28.6 Å². The molecule has 31 heavy (non-hydrogen) atoms. The van der Waals surface area contributed by atoms with Gasteiger partial charge >= 0.3 is 0 Å². The molecule has 1 heterocycles. The number of methoxy groups -OCH3 is 1. The topological polar surface area (TPSA) is 44.8 Å². The van der Waals surface area contributed by atoms with Crippen LogP contribution in [0.15, 0.2) is 36.4 Å².